The Kier molecular flexibility index (Phi) is 63.7. The summed E-state index contributed by atoms with van der Waals surface area (Å²) in [5.41, 5.74) is 0. The van der Waals surface area contributed by atoms with Gasteiger partial charge in [0.05, 0.1) is 26.4 Å². The molecule has 5 atom stereocenters. The minimum atomic E-state index is -4.95. The van der Waals surface area contributed by atoms with Crippen LogP contribution in [0.1, 0.15) is 375 Å². The van der Waals surface area contributed by atoms with Crippen molar-refractivity contribution >= 4 is 39.5 Å². The molecule has 0 fully saturated rings. The van der Waals surface area contributed by atoms with Crippen molar-refractivity contribution in [2.75, 3.05) is 39.6 Å². The van der Waals surface area contributed by atoms with Gasteiger partial charge in [-0.25, -0.2) is 9.13 Å². The number of phosphoric acid groups is 2. The zero-order valence-electron chi connectivity index (χ0n) is 59.9. The van der Waals surface area contributed by atoms with Gasteiger partial charge in [0, 0.05) is 25.7 Å². The summed E-state index contributed by atoms with van der Waals surface area (Å²) in [6, 6.07) is 0. The highest BCUT2D eigenvalue weighted by Gasteiger charge is 2.30. The maximum atomic E-state index is 13.0. The van der Waals surface area contributed by atoms with Crippen LogP contribution in [-0.2, 0) is 65.4 Å². The summed E-state index contributed by atoms with van der Waals surface area (Å²) in [6.45, 7) is 9.43. The Morgan fingerprint density at radius 3 is 0.739 bits per heavy atom. The van der Waals surface area contributed by atoms with Gasteiger partial charge in [0.1, 0.15) is 19.3 Å². The average Bonchev–Trinajstić information content (AvgIpc) is 1.86. The van der Waals surface area contributed by atoms with Gasteiger partial charge in [-0.15, -0.1) is 0 Å². The van der Waals surface area contributed by atoms with Crippen molar-refractivity contribution in [3.05, 3.63) is 0 Å². The molecule has 92 heavy (non-hydrogen) atoms. The van der Waals surface area contributed by atoms with E-state index >= 15 is 0 Å². The number of ether oxygens (including phenoxy) is 4. The molecule has 0 aromatic rings. The van der Waals surface area contributed by atoms with Crippen molar-refractivity contribution in [3.63, 3.8) is 0 Å². The Labute approximate surface area is 562 Å². The monoisotopic (exact) mass is 1350 g/mol. The number of hydrogen-bond donors (Lipinski definition) is 3. The third kappa shape index (κ3) is 66.7. The van der Waals surface area contributed by atoms with E-state index in [9.17, 15) is 43.2 Å². The second-order valence-electron chi connectivity index (χ2n) is 27.3. The Hall–Kier alpha value is -1.94. The van der Waals surface area contributed by atoms with E-state index in [-0.39, 0.29) is 25.7 Å². The summed E-state index contributed by atoms with van der Waals surface area (Å²) < 4.78 is 68.3. The largest absolute Gasteiger partial charge is 0.472 e. The van der Waals surface area contributed by atoms with E-state index in [4.69, 9.17) is 37.0 Å². The molecule has 0 bridgehead atoms. The molecule has 0 aliphatic rings. The number of unbranched alkanes of at least 4 members (excludes halogenated alkanes) is 42. The number of carbonyl (C=O) groups is 4. The predicted molar refractivity (Wildman–Crippen MR) is 372 cm³/mol. The average molecular weight is 1350 g/mol. The van der Waals surface area contributed by atoms with Gasteiger partial charge in [-0.2, -0.15) is 0 Å². The predicted octanol–water partition coefficient (Wildman–Crippen LogP) is 21.2. The minimum absolute atomic E-state index is 0.105. The van der Waals surface area contributed by atoms with Crippen LogP contribution >= 0.6 is 15.6 Å². The first-order valence-corrected chi connectivity index (χ1v) is 41.0. The van der Waals surface area contributed by atoms with Crippen LogP contribution in [0.5, 0.6) is 0 Å². The lowest BCUT2D eigenvalue weighted by molar-refractivity contribution is -0.161. The van der Waals surface area contributed by atoms with Gasteiger partial charge < -0.3 is 33.8 Å². The number of aliphatic hydroxyl groups excluding tert-OH is 1. The molecule has 0 rings (SSSR count). The van der Waals surface area contributed by atoms with Gasteiger partial charge in [-0.1, -0.05) is 324 Å². The first kappa shape index (κ1) is 90.1. The van der Waals surface area contributed by atoms with Gasteiger partial charge in [-0.05, 0) is 37.5 Å². The molecule has 0 aromatic carbocycles. The Morgan fingerprint density at radius 2 is 0.500 bits per heavy atom. The van der Waals surface area contributed by atoms with Gasteiger partial charge in [-0.3, -0.25) is 37.3 Å². The van der Waals surface area contributed by atoms with Crippen LogP contribution in [0.25, 0.3) is 0 Å². The van der Waals surface area contributed by atoms with E-state index in [2.05, 4.69) is 41.5 Å². The summed E-state index contributed by atoms with van der Waals surface area (Å²) in [6.07, 6.45) is 51.8. The summed E-state index contributed by atoms with van der Waals surface area (Å²) in [5.74, 6) is -0.720. The van der Waals surface area contributed by atoms with Crippen molar-refractivity contribution in [3.8, 4) is 0 Å². The number of hydrogen-bond acceptors (Lipinski definition) is 15. The smallest absolute Gasteiger partial charge is 0.462 e. The Bertz CT molecular complexity index is 1790. The van der Waals surface area contributed by atoms with Crippen LogP contribution < -0.4 is 0 Å². The van der Waals surface area contributed by atoms with Gasteiger partial charge in [0.2, 0.25) is 0 Å². The molecule has 0 saturated carbocycles. The first-order chi connectivity index (χ1) is 44.4. The second kappa shape index (κ2) is 65.0. The molecule has 0 aliphatic heterocycles. The van der Waals surface area contributed by atoms with Crippen LogP contribution in [0.4, 0.5) is 0 Å². The first-order valence-electron chi connectivity index (χ1n) is 38.0. The van der Waals surface area contributed by atoms with E-state index in [1.165, 1.54) is 186 Å². The molecule has 0 amide bonds. The molecule has 17 nitrogen and oxygen atoms in total. The van der Waals surface area contributed by atoms with Crippen molar-refractivity contribution < 1.29 is 80.2 Å². The zero-order chi connectivity index (χ0) is 67.9. The van der Waals surface area contributed by atoms with Gasteiger partial charge in [0.15, 0.2) is 12.2 Å². The molecule has 19 heteroatoms. The lowest BCUT2D eigenvalue weighted by atomic mass is 10.0. The molecule has 2 unspecified atom stereocenters. The molecule has 0 spiro atoms. The maximum Gasteiger partial charge on any atom is 0.472 e. The quantitative estimate of drug-likeness (QED) is 0.0222. The van der Waals surface area contributed by atoms with E-state index in [1.807, 2.05) is 0 Å². The highest BCUT2D eigenvalue weighted by Crippen LogP contribution is 2.45. The van der Waals surface area contributed by atoms with Crippen LogP contribution in [0.3, 0.4) is 0 Å². The number of phosphoric ester groups is 2. The summed E-state index contributed by atoms with van der Waals surface area (Å²) in [5, 5.41) is 10.6. The fraction of sp³-hybridized carbons (Fsp3) is 0.945. The molecular weight excluding hydrogens is 1210 g/mol. The number of aliphatic hydroxyl groups is 1. The maximum absolute atomic E-state index is 13.0. The van der Waals surface area contributed by atoms with Crippen LogP contribution in [0, 0.1) is 11.8 Å². The van der Waals surface area contributed by atoms with Crippen molar-refractivity contribution in [2.45, 2.75) is 394 Å². The number of carbonyl (C=O) groups excluding carboxylic acids is 4. The number of rotatable bonds is 72. The van der Waals surface area contributed by atoms with Gasteiger partial charge in [0.25, 0.3) is 0 Å². The fourth-order valence-electron chi connectivity index (χ4n) is 11.1. The van der Waals surface area contributed by atoms with Gasteiger partial charge >= 0.3 is 39.5 Å². The lowest BCUT2D eigenvalue weighted by Gasteiger charge is -2.21. The standard InChI is InChI=1S/C73H142O17P2/c1-7-9-11-13-15-17-19-20-21-22-23-24-25-26-27-28-29-30-32-38-46-52-58-73(78)89-68(61-83-70(75)55-49-43-36-34-33-35-41-47-53-65(3)4)63-87-91(79,80)85-59-67(74)60-86-92(81,82)88-64-69(62-84-71(76)56-50-44-40-39-42-48-54-66(5)6)90-72(77)57-51-45-37-31-18-16-14-12-10-8-2/h65-69,74H,7-64H2,1-6H3,(H,79,80)(H,81,82)/t67-,68-,69-/m1/s1. The van der Waals surface area contributed by atoms with E-state index in [0.29, 0.717) is 31.6 Å². The van der Waals surface area contributed by atoms with Crippen LogP contribution in [0.15, 0.2) is 0 Å². The molecule has 0 saturated heterocycles. The van der Waals surface area contributed by atoms with Crippen LogP contribution in [-0.4, -0.2) is 96.7 Å². The number of esters is 4. The summed E-state index contributed by atoms with van der Waals surface area (Å²) >= 11 is 0. The van der Waals surface area contributed by atoms with Crippen LogP contribution in [0.2, 0.25) is 0 Å². The highest BCUT2D eigenvalue weighted by atomic mass is 31.2. The molecule has 0 aliphatic carbocycles. The lowest BCUT2D eigenvalue weighted by Crippen LogP contribution is -2.30. The normalized spacial score (nSPS) is 14.1. The van der Waals surface area contributed by atoms with E-state index in [0.717, 1.165) is 102 Å². The highest BCUT2D eigenvalue weighted by molar-refractivity contribution is 7.47. The summed E-state index contributed by atoms with van der Waals surface area (Å²) in [4.78, 5) is 72.5. The SMILES string of the molecule is CCCCCCCCCCCCCCCCCCCCCCCCC(=O)O[C@H](COC(=O)CCCCCCCCCCC(C)C)COP(=O)(O)OC[C@@H](O)COP(=O)(O)OC[C@@H](COC(=O)CCCCCCCCC(C)C)OC(=O)CCCCCCCCCCCC. The van der Waals surface area contributed by atoms with Crippen molar-refractivity contribution in [2.24, 2.45) is 11.8 Å². The molecule has 0 radical (unpaired) electrons. The van der Waals surface area contributed by atoms with E-state index in [1.54, 1.807) is 0 Å². The molecule has 0 heterocycles. The van der Waals surface area contributed by atoms with E-state index < -0.39 is 97.5 Å². The Balaban J connectivity index is 5.13. The Morgan fingerprint density at radius 1 is 0.293 bits per heavy atom. The fourth-order valence-corrected chi connectivity index (χ4v) is 12.7. The minimum Gasteiger partial charge on any atom is -0.462 e. The zero-order valence-corrected chi connectivity index (χ0v) is 61.6. The molecule has 546 valence electrons. The van der Waals surface area contributed by atoms with Crippen molar-refractivity contribution in [1.29, 1.82) is 0 Å². The molecular formula is C73H142O17P2. The third-order valence-electron chi connectivity index (χ3n) is 17.0. The molecule has 3 N–H and O–H groups in total. The second-order valence-corrected chi connectivity index (χ2v) is 30.2. The third-order valence-corrected chi connectivity index (χ3v) is 18.9. The van der Waals surface area contributed by atoms with Crippen molar-refractivity contribution in [1.82, 2.24) is 0 Å². The summed E-state index contributed by atoms with van der Waals surface area (Å²) in [7, 11) is -9.90. The topological polar surface area (TPSA) is 237 Å². The molecule has 0 aromatic heterocycles.